The van der Waals surface area contributed by atoms with Crippen LogP contribution in [-0.2, 0) is 6.42 Å². The molecule has 1 aromatic rings. The second kappa shape index (κ2) is 6.66. The van der Waals surface area contributed by atoms with Crippen LogP contribution in [0.3, 0.4) is 0 Å². The van der Waals surface area contributed by atoms with Gasteiger partial charge < -0.3 is 10.0 Å². The van der Waals surface area contributed by atoms with E-state index < -0.39 is 18.9 Å². The molecule has 0 bridgehead atoms. The van der Waals surface area contributed by atoms with Gasteiger partial charge in [-0.1, -0.05) is 6.92 Å². The van der Waals surface area contributed by atoms with Gasteiger partial charge in [0.05, 0.1) is 18.0 Å². The molecular weight excluding hydrogens is 248 g/mol. The average molecular weight is 263 g/mol. The Morgan fingerprint density at radius 1 is 1.53 bits per heavy atom. The molecule has 0 saturated carbocycles. The summed E-state index contributed by atoms with van der Waals surface area (Å²) in [6.07, 6.45) is -1.77. The minimum Gasteiger partial charge on any atom is -0.395 e. The number of rotatable bonds is 6. The minimum atomic E-state index is -2.59. The highest BCUT2D eigenvalue weighted by Crippen LogP contribution is 2.19. The van der Waals surface area contributed by atoms with Gasteiger partial charge >= 0.3 is 0 Å². The van der Waals surface area contributed by atoms with Gasteiger partial charge in [0.2, 0.25) is 0 Å². The smallest absolute Gasteiger partial charge is 0.264 e. The Labute approximate surface area is 103 Å². The maximum absolute atomic E-state index is 12.3. The molecule has 6 heteroatoms. The van der Waals surface area contributed by atoms with Crippen LogP contribution in [0, 0.1) is 0 Å². The largest absolute Gasteiger partial charge is 0.395 e. The number of aliphatic hydroxyl groups is 1. The Balaban J connectivity index is 2.75. The molecule has 1 aromatic heterocycles. The zero-order valence-corrected chi connectivity index (χ0v) is 10.3. The van der Waals surface area contributed by atoms with Gasteiger partial charge in [-0.3, -0.25) is 4.79 Å². The summed E-state index contributed by atoms with van der Waals surface area (Å²) in [7, 11) is 0. The summed E-state index contributed by atoms with van der Waals surface area (Å²) >= 11 is 1.30. The fourth-order valence-electron chi connectivity index (χ4n) is 1.40. The molecule has 1 rings (SSSR count). The van der Waals surface area contributed by atoms with Crippen molar-refractivity contribution >= 4 is 17.2 Å². The molecule has 0 saturated heterocycles. The SMILES string of the molecule is CCc1ccc(C(=O)N(CCO)CC(F)F)s1. The van der Waals surface area contributed by atoms with Crippen molar-refractivity contribution < 1.29 is 18.7 Å². The summed E-state index contributed by atoms with van der Waals surface area (Å²) in [6, 6.07) is 3.46. The van der Waals surface area contributed by atoms with Gasteiger partial charge in [0, 0.05) is 11.4 Å². The van der Waals surface area contributed by atoms with E-state index in [2.05, 4.69) is 0 Å². The molecule has 96 valence electrons. The molecule has 1 amide bonds. The van der Waals surface area contributed by atoms with E-state index in [4.69, 9.17) is 5.11 Å². The minimum absolute atomic E-state index is 0.0669. The van der Waals surface area contributed by atoms with Gasteiger partial charge in [-0.15, -0.1) is 11.3 Å². The number of alkyl halides is 2. The van der Waals surface area contributed by atoms with Crippen molar-refractivity contribution in [2.24, 2.45) is 0 Å². The normalized spacial score (nSPS) is 10.9. The fourth-order valence-corrected chi connectivity index (χ4v) is 2.32. The van der Waals surface area contributed by atoms with Crippen LogP contribution in [0.2, 0.25) is 0 Å². The van der Waals surface area contributed by atoms with E-state index in [0.29, 0.717) is 4.88 Å². The van der Waals surface area contributed by atoms with Gasteiger partial charge in [0.1, 0.15) is 0 Å². The number of hydrogen-bond acceptors (Lipinski definition) is 3. The van der Waals surface area contributed by atoms with Gasteiger partial charge in [-0.05, 0) is 18.6 Å². The highest BCUT2D eigenvalue weighted by atomic mass is 32.1. The third-order valence-corrected chi connectivity index (χ3v) is 3.45. The summed E-state index contributed by atoms with van der Waals surface area (Å²) in [4.78, 5) is 14.4. The first-order valence-electron chi connectivity index (χ1n) is 5.35. The molecule has 0 aromatic carbocycles. The number of amides is 1. The lowest BCUT2D eigenvalue weighted by Gasteiger charge is -2.20. The van der Waals surface area contributed by atoms with Gasteiger partial charge in [-0.25, -0.2) is 8.78 Å². The van der Waals surface area contributed by atoms with E-state index >= 15 is 0 Å². The molecule has 0 spiro atoms. The third kappa shape index (κ3) is 4.05. The lowest BCUT2D eigenvalue weighted by atomic mass is 10.3. The van der Waals surface area contributed by atoms with E-state index in [1.807, 2.05) is 13.0 Å². The second-order valence-electron chi connectivity index (χ2n) is 3.49. The topological polar surface area (TPSA) is 40.5 Å². The van der Waals surface area contributed by atoms with Crippen molar-refractivity contribution in [2.45, 2.75) is 19.8 Å². The van der Waals surface area contributed by atoms with Crippen molar-refractivity contribution in [1.82, 2.24) is 4.90 Å². The Morgan fingerprint density at radius 3 is 2.71 bits per heavy atom. The summed E-state index contributed by atoms with van der Waals surface area (Å²) in [6.45, 7) is 0.941. The predicted octanol–water partition coefficient (Wildman–Crippen LogP) is 2.01. The maximum Gasteiger partial charge on any atom is 0.264 e. The Hall–Kier alpha value is -1.01. The monoisotopic (exact) mass is 263 g/mol. The van der Waals surface area contributed by atoms with Crippen molar-refractivity contribution in [1.29, 1.82) is 0 Å². The Morgan fingerprint density at radius 2 is 2.24 bits per heavy atom. The first-order chi connectivity index (χ1) is 8.08. The van der Waals surface area contributed by atoms with Gasteiger partial charge in [-0.2, -0.15) is 0 Å². The van der Waals surface area contributed by atoms with Crippen molar-refractivity contribution in [2.75, 3.05) is 19.7 Å². The van der Waals surface area contributed by atoms with Crippen LogP contribution in [0.1, 0.15) is 21.5 Å². The maximum atomic E-state index is 12.3. The van der Waals surface area contributed by atoms with E-state index in [-0.39, 0.29) is 13.2 Å². The predicted molar refractivity (Wildman–Crippen MR) is 62.7 cm³/mol. The molecule has 1 N–H and O–H groups in total. The number of thiophene rings is 1. The Bertz CT molecular complexity index is 368. The molecule has 0 fully saturated rings. The number of aryl methyl sites for hydroxylation is 1. The van der Waals surface area contributed by atoms with Gasteiger partial charge in [0.25, 0.3) is 12.3 Å². The molecule has 0 aliphatic rings. The molecule has 0 atom stereocenters. The molecule has 0 radical (unpaired) electrons. The van der Waals surface area contributed by atoms with Crippen LogP contribution in [0.4, 0.5) is 8.78 Å². The molecular formula is C11H15F2NO2S. The molecule has 17 heavy (non-hydrogen) atoms. The number of aliphatic hydroxyl groups excluding tert-OH is 1. The lowest BCUT2D eigenvalue weighted by Crippen LogP contribution is -2.36. The molecule has 3 nitrogen and oxygen atoms in total. The highest BCUT2D eigenvalue weighted by molar-refractivity contribution is 7.14. The molecule has 0 aliphatic heterocycles. The average Bonchev–Trinajstić information content (AvgIpc) is 2.75. The number of carbonyl (C=O) groups excluding carboxylic acids is 1. The summed E-state index contributed by atoms with van der Waals surface area (Å²) in [5.74, 6) is -0.441. The first-order valence-corrected chi connectivity index (χ1v) is 6.17. The number of hydrogen-bond donors (Lipinski definition) is 1. The van der Waals surface area contributed by atoms with Crippen LogP contribution >= 0.6 is 11.3 Å². The standard InChI is InChI=1S/C11H15F2NO2S/c1-2-8-3-4-9(17-8)11(16)14(5-6-15)7-10(12)13/h3-4,10,15H,2,5-7H2,1H3. The second-order valence-corrected chi connectivity index (χ2v) is 4.65. The van der Waals surface area contributed by atoms with Crippen LogP contribution in [-0.4, -0.2) is 42.0 Å². The van der Waals surface area contributed by atoms with Crippen molar-refractivity contribution in [3.05, 3.63) is 21.9 Å². The lowest BCUT2D eigenvalue weighted by molar-refractivity contribution is 0.0513. The molecule has 1 heterocycles. The summed E-state index contributed by atoms with van der Waals surface area (Å²) in [5.41, 5.74) is 0. The van der Waals surface area contributed by atoms with E-state index in [0.717, 1.165) is 16.2 Å². The van der Waals surface area contributed by atoms with E-state index in [1.165, 1.54) is 11.3 Å². The van der Waals surface area contributed by atoms with Crippen LogP contribution in [0.25, 0.3) is 0 Å². The fraction of sp³-hybridized carbons (Fsp3) is 0.545. The third-order valence-electron chi connectivity index (χ3n) is 2.24. The number of carbonyl (C=O) groups is 1. The van der Waals surface area contributed by atoms with Crippen molar-refractivity contribution in [3.63, 3.8) is 0 Å². The summed E-state index contributed by atoms with van der Waals surface area (Å²) < 4.78 is 24.6. The summed E-state index contributed by atoms with van der Waals surface area (Å²) in [5, 5.41) is 8.76. The number of halogens is 2. The zero-order valence-electron chi connectivity index (χ0n) is 9.53. The van der Waals surface area contributed by atoms with E-state index in [1.54, 1.807) is 6.07 Å². The Kier molecular flexibility index (Phi) is 5.50. The van der Waals surface area contributed by atoms with E-state index in [9.17, 15) is 13.6 Å². The number of nitrogens with zero attached hydrogens (tertiary/aromatic N) is 1. The van der Waals surface area contributed by atoms with Crippen LogP contribution in [0.15, 0.2) is 12.1 Å². The van der Waals surface area contributed by atoms with Crippen molar-refractivity contribution in [3.8, 4) is 0 Å². The highest BCUT2D eigenvalue weighted by Gasteiger charge is 2.20. The molecule has 0 aliphatic carbocycles. The zero-order chi connectivity index (χ0) is 12.8. The molecule has 0 unspecified atom stereocenters. The van der Waals surface area contributed by atoms with Crippen LogP contribution < -0.4 is 0 Å². The van der Waals surface area contributed by atoms with Crippen LogP contribution in [0.5, 0.6) is 0 Å². The first kappa shape index (κ1) is 14.1. The van der Waals surface area contributed by atoms with Gasteiger partial charge in [0.15, 0.2) is 0 Å². The quantitative estimate of drug-likeness (QED) is 0.853.